The maximum atomic E-state index is 10.8. The molecule has 6 heteroatoms. The van der Waals surface area contributed by atoms with Gasteiger partial charge < -0.3 is 10.0 Å². The third-order valence-electron chi connectivity index (χ3n) is 3.19. The number of hydrogen-bond acceptors (Lipinski definition) is 4. The van der Waals surface area contributed by atoms with Crippen molar-refractivity contribution in [2.24, 2.45) is 7.05 Å². The van der Waals surface area contributed by atoms with Gasteiger partial charge in [-0.1, -0.05) is 18.2 Å². The number of hydrogen-bond donors (Lipinski definition) is 1. The predicted octanol–water partition coefficient (Wildman–Crippen LogP) is 1.60. The summed E-state index contributed by atoms with van der Waals surface area (Å²) in [4.78, 5) is 17.1. The van der Waals surface area contributed by atoms with Gasteiger partial charge in [-0.05, 0) is 18.6 Å². The lowest BCUT2D eigenvalue weighted by molar-refractivity contribution is -0.136. The van der Waals surface area contributed by atoms with E-state index in [1.807, 2.05) is 43.1 Å². The molecule has 0 spiro atoms. The zero-order valence-electron chi connectivity index (χ0n) is 11.7. The molecule has 1 N–H and O–H groups in total. The molecule has 0 amide bonds. The Hall–Kier alpha value is -2.37. The van der Waals surface area contributed by atoms with Crippen molar-refractivity contribution in [3.05, 3.63) is 42.0 Å². The van der Waals surface area contributed by atoms with Crippen molar-refractivity contribution in [2.75, 3.05) is 11.4 Å². The molecule has 106 valence electrons. The fourth-order valence-corrected chi connectivity index (χ4v) is 2.07. The van der Waals surface area contributed by atoms with Gasteiger partial charge in [0, 0.05) is 19.3 Å². The highest BCUT2D eigenvalue weighted by Gasteiger charge is 2.13. The van der Waals surface area contributed by atoms with E-state index in [9.17, 15) is 4.79 Å². The van der Waals surface area contributed by atoms with Gasteiger partial charge in [0.2, 0.25) is 0 Å². The van der Waals surface area contributed by atoms with Crippen LogP contribution in [0.2, 0.25) is 0 Å². The molecule has 0 bridgehead atoms. The van der Waals surface area contributed by atoms with Gasteiger partial charge in [-0.25, -0.2) is 4.98 Å². The Morgan fingerprint density at radius 3 is 2.75 bits per heavy atom. The highest BCUT2D eigenvalue weighted by Crippen LogP contribution is 2.21. The van der Waals surface area contributed by atoms with Crippen LogP contribution in [0.1, 0.15) is 17.8 Å². The van der Waals surface area contributed by atoms with E-state index in [0.29, 0.717) is 13.1 Å². The Balaban J connectivity index is 2.23. The first kappa shape index (κ1) is 14.0. The fourth-order valence-electron chi connectivity index (χ4n) is 2.07. The van der Waals surface area contributed by atoms with Gasteiger partial charge in [0.15, 0.2) is 0 Å². The lowest BCUT2D eigenvalue weighted by atomic mass is 10.1. The summed E-state index contributed by atoms with van der Waals surface area (Å²) in [5.74, 6) is 0.000177. The Kier molecular flexibility index (Phi) is 4.34. The molecular formula is C14H18N4O2. The second-order valence-electron chi connectivity index (χ2n) is 4.65. The van der Waals surface area contributed by atoms with Crippen LogP contribution in [0.3, 0.4) is 0 Å². The van der Waals surface area contributed by atoms with Crippen LogP contribution in [0.5, 0.6) is 0 Å². The van der Waals surface area contributed by atoms with Crippen molar-refractivity contribution in [3.63, 3.8) is 0 Å². The molecule has 20 heavy (non-hydrogen) atoms. The Labute approximate surface area is 117 Å². The zero-order valence-corrected chi connectivity index (χ0v) is 11.7. The van der Waals surface area contributed by atoms with Gasteiger partial charge in [0.1, 0.15) is 12.2 Å². The molecule has 0 fully saturated rings. The number of carboxylic acid groups (broad SMARTS) is 1. The largest absolute Gasteiger partial charge is 0.481 e. The van der Waals surface area contributed by atoms with E-state index >= 15 is 0 Å². The molecule has 0 aliphatic heterocycles. The molecule has 0 radical (unpaired) electrons. The first-order valence-corrected chi connectivity index (χ1v) is 6.43. The van der Waals surface area contributed by atoms with Crippen molar-refractivity contribution >= 4 is 11.7 Å². The van der Waals surface area contributed by atoms with E-state index in [1.165, 1.54) is 6.33 Å². The maximum absolute atomic E-state index is 10.8. The molecule has 0 aliphatic rings. The summed E-state index contributed by atoms with van der Waals surface area (Å²) in [7, 11) is 1.83. The molecule has 0 saturated carbocycles. The highest BCUT2D eigenvalue weighted by atomic mass is 16.4. The number of carboxylic acids is 1. The summed E-state index contributed by atoms with van der Waals surface area (Å²) in [6.45, 7) is 2.99. The van der Waals surface area contributed by atoms with Crippen LogP contribution in [0.15, 0.2) is 30.6 Å². The summed E-state index contributed by atoms with van der Waals surface area (Å²) in [5, 5.41) is 12.9. The van der Waals surface area contributed by atoms with Crippen molar-refractivity contribution in [1.29, 1.82) is 0 Å². The average molecular weight is 274 g/mol. The summed E-state index contributed by atoms with van der Waals surface area (Å²) in [6, 6.07) is 7.93. The molecule has 0 atom stereocenters. The molecule has 0 aliphatic carbocycles. The monoisotopic (exact) mass is 274 g/mol. The topological polar surface area (TPSA) is 71.2 Å². The minimum atomic E-state index is -0.804. The Morgan fingerprint density at radius 2 is 2.15 bits per heavy atom. The first-order chi connectivity index (χ1) is 9.58. The van der Waals surface area contributed by atoms with Gasteiger partial charge in [-0.3, -0.25) is 9.48 Å². The number of para-hydroxylation sites is 1. The lowest BCUT2D eigenvalue weighted by Gasteiger charge is -2.25. The van der Waals surface area contributed by atoms with E-state index in [0.717, 1.165) is 17.1 Å². The molecule has 2 rings (SSSR count). The van der Waals surface area contributed by atoms with Gasteiger partial charge in [0.05, 0.1) is 13.0 Å². The van der Waals surface area contributed by atoms with Gasteiger partial charge in [-0.2, -0.15) is 5.10 Å². The number of aryl methyl sites for hydroxylation is 2. The SMILES string of the molecule is Cc1ccccc1N(CCC(=O)O)Cc1ncnn1C. The van der Waals surface area contributed by atoms with E-state index in [1.54, 1.807) is 4.68 Å². The quantitative estimate of drug-likeness (QED) is 0.866. The maximum Gasteiger partial charge on any atom is 0.305 e. The van der Waals surface area contributed by atoms with E-state index in [4.69, 9.17) is 5.11 Å². The number of benzene rings is 1. The van der Waals surface area contributed by atoms with Gasteiger partial charge >= 0.3 is 5.97 Å². The van der Waals surface area contributed by atoms with E-state index in [2.05, 4.69) is 10.1 Å². The number of carbonyl (C=O) groups is 1. The van der Waals surface area contributed by atoms with Crippen LogP contribution in [-0.2, 0) is 18.4 Å². The van der Waals surface area contributed by atoms with Crippen molar-refractivity contribution < 1.29 is 9.90 Å². The molecule has 1 aromatic heterocycles. The van der Waals surface area contributed by atoms with Gasteiger partial charge in [-0.15, -0.1) is 0 Å². The number of aromatic nitrogens is 3. The number of nitrogens with zero attached hydrogens (tertiary/aromatic N) is 4. The average Bonchev–Trinajstić information content (AvgIpc) is 2.81. The molecule has 2 aromatic rings. The Morgan fingerprint density at radius 1 is 1.40 bits per heavy atom. The highest BCUT2D eigenvalue weighted by molar-refractivity contribution is 5.68. The molecule has 0 unspecified atom stereocenters. The second-order valence-corrected chi connectivity index (χ2v) is 4.65. The Bertz CT molecular complexity index is 594. The van der Waals surface area contributed by atoms with Crippen molar-refractivity contribution in [3.8, 4) is 0 Å². The van der Waals surface area contributed by atoms with Crippen LogP contribution < -0.4 is 4.90 Å². The van der Waals surface area contributed by atoms with Crippen LogP contribution in [-0.4, -0.2) is 32.4 Å². The standard InChI is InChI=1S/C14H18N4O2/c1-11-5-3-4-6-12(11)18(8-7-14(19)20)9-13-15-10-16-17(13)2/h3-6,10H,7-9H2,1-2H3,(H,19,20). The minimum absolute atomic E-state index is 0.0895. The smallest absolute Gasteiger partial charge is 0.305 e. The van der Waals surface area contributed by atoms with E-state index in [-0.39, 0.29) is 6.42 Å². The molecule has 6 nitrogen and oxygen atoms in total. The summed E-state index contributed by atoms with van der Waals surface area (Å²) in [5.41, 5.74) is 2.14. The lowest BCUT2D eigenvalue weighted by Crippen LogP contribution is -2.27. The van der Waals surface area contributed by atoms with Crippen LogP contribution >= 0.6 is 0 Å². The van der Waals surface area contributed by atoms with Crippen molar-refractivity contribution in [2.45, 2.75) is 19.9 Å². The zero-order chi connectivity index (χ0) is 14.5. The minimum Gasteiger partial charge on any atom is -0.481 e. The first-order valence-electron chi connectivity index (χ1n) is 6.43. The summed E-state index contributed by atoms with van der Waals surface area (Å²) in [6.07, 6.45) is 1.59. The summed E-state index contributed by atoms with van der Waals surface area (Å²) >= 11 is 0. The van der Waals surface area contributed by atoms with Crippen molar-refractivity contribution in [1.82, 2.24) is 14.8 Å². The van der Waals surface area contributed by atoms with Crippen LogP contribution in [0.4, 0.5) is 5.69 Å². The number of aliphatic carboxylic acids is 1. The summed E-state index contributed by atoms with van der Waals surface area (Å²) < 4.78 is 1.70. The normalized spacial score (nSPS) is 10.5. The molecular weight excluding hydrogens is 256 g/mol. The fraction of sp³-hybridized carbons (Fsp3) is 0.357. The third-order valence-corrected chi connectivity index (χ3v) is 3.19. The molecule has 1 aromatic carbocycles. The van der Waals surface area contributed by atoms with E-state index < -0.39 is 5.97 Å². The third kappa shape index (κ3) is 3.34. The number of rotatable bonds is 6. The molecule has 0 saturated heterocycles. The predicted molar refractivity (Wildman–Crippen MR) is 75.5 cm³/mol. The second kappa shape index (κ2) is 6.18. The van der Waals surface area contributed by atoms with Crippen LogP contribution in [0, 0.1) is 6.92 Å². The molecule has 1 heterocycles. The van der Waals surface area contributed by atoms with Gasteiger partial charge in [0.25, 0.3) is 0 Å². The van der Waals surface area contributed by atoms with Crippen LogP contribution in [0.25, 0.3) is 0 Å². The number of anilines is 1.